The van der Waals surface area contributed by atoms with Gasteiger partial charge in [0, 0.05) is 43.0 Å². The minimum atomic E-state index is -3.76. The molecule has 0 spiro atoms. The number of aliphatic imine (C=N–C) groups is 1. The van der Waals surface area contributed by atoms with Gasteiger partial charge in [-0.25, -0.2) is 21.9 Å². The molecule has 2 heterocycles. The molecule has 1 unspecified atom stereocenters. The van der Waals surface area contributed by atoms with Crippen molar-refractivity contribution in [2.24, 2.45) is 15.8 Å². The topological polar surface area (TPSA) is 61.8 Å². The summed E-state index contributed by atoms with van der Waals surface area (Å²) >= 11 is 0. The third-order valence-electron chi connectivity index (χ3n) is 5.77. The Morgan fingerprint density at radius 2 is 1.68 bits per heavy atom. The van der Waals surface area contributed by atoms with Crippen molar-refractivity contribution < 1.29 is 17.2 Å². The number of nitrogens with one attached hydrogen (secondary N) is 1. The van der Waals surface area contributed by atoms with Crippen LogP contribution in [0.2, 0.25) is 0 Å². The molecule has 0 aromatic heterocycles. The minimum Gasteiger partial charge on any atom is -0.332 e. The van der Waals surface area contributed by atoms with Gasteiger partial charge in [0.15, 0.2) is 0 Å². The van der Waals surface area contributed by atoms with Crippen LogP contribution in [0.1, 0.15) is 67.7 Å². The maximum atomic E-state index is 13.2. The van der Waals surface area contributed by atoms with Crippen molar-refractivity contribution in [1.82, 2.24) is 9.62 Å². The van der Waals surface area contributed by atoms with Gasteiger partial charge < -0.3 is 4.90 Å². The smallest absolute Gasteiger partial charge is 0.250 e. The molecular weight excluding hydrogens is 384 g/mol. The predicted molar refractivity (Wildman–Crippen MR) is 108 cm³/mol. The van der Waals surface area contributed by atoms with Gasteiger partial charge in [-0.2, -0.15) is 0 Å². The van der Waals surface area contributed by atoms with E-state index in [0.29, 0.717) is 13.0 Å². The first-order valence-corrected chi connectivity index (χ1v) is 11.5. The van der Waals surface area contributed by atoms with Crippen LogP contribution in [0.25, 0.3) is 0 Å². The molecule has 1 saturated heterocycles. The molecule has 5 nitrogen and oxygen atoms in total. The van der Waals surface area contributed by atoms with E-state index < -0.39 is 34.0 Å². The Hall–Kier alpha value is -1.02. The van der Waals surface area contributed by atoms with Gasteiger partial charge in [0.1, 0.15) is 5.84 Å². The van der Waals surface area contributed by atoms with Gasteiger partial charge >= 0.3 is 0 Å². The van der Waals surface area contributed by atoms with Crippen LogP contribution in [-0.4, -0.2) is 49.0 Å². The molecule has 1 N–H and O–H groups in total. The van der Waals surface area contributed by atoms with Gasteiger partial charge in [-0.3, -0.25) is 4.99 Å². The zero-order valence-corrected chi connectivity index (χ0v) is 18.8. The number of alkyl halides is 2. The van der Waals surface area contributed by atoms with Crippen molar-refractivity contribution in [3.63, 3.8) is 0 Å². The molecular formula is C20H33F2N3O2S. The van der Waals surface area contributed by atoms with Crippen LogP contribution in [0.15, 0.2) is 16.3 Å². The molecule has 3 rings (SSSR count). The largest absolute Gasteiger partial charge is 0.332 e. The second kappa shape index (κ2) is 6.49. The van der Waals surface area contributed by atoms with E-state index in [1.54, 1.807) is 0 Å². The van der Waals surface area contributed by atoms with Crippen LogP contribution in [-0.2, 0) is 10.0 Å². The van der Waals surface area contributed by atoms with Crippen LogP contribution in [0, 0.1) is 10.8 Å². The lowest BCUT2D eigenvalue weighted by molar-refractivity contribution is -0.0688. The number of hydrogen-bond acceptors (Lipinski definition) is 4. The highest BCUT2D eigenvalue weighted by atomic mass is 32.2. The van der Waals surface area contributed by atoms with Crippen LogP contribution in [0.4, 0.5) is 8.78 Å². The van der Waals surface area contributed by atoms with E-state index in [1.165, 1.54) is 5.57 Å². The normalized spacial score (nSPS) is 28.9. The van der Waals surface area contributed by atoms with E-state index in [-0.39, 0.29) is 22.9 Å². The van der Waals surface area contributed by atoms with Crippen molar-refractivity contribution >= 4 is 15.9 Å². The highest BCUT2D eigenvalue weighted by Crippen LogP contribution is 2.44. The Bertz CT molecular complexity index is 811. The van der Waals surface area contributed by atoms with Gasteiger partial charge in [0.25, 0.3) is 5.92 Å². The number of halogens is 2. The summed E-state index contributed by atoms with van der Waals surface area (Å²) in [6.07, 6.45) is -0.602. The average Bonchev–Trinajstić information content (AvgIpc) is 2.82. The number of amidine groups is 1. The Morgan fingerprint density at radius 1 is 1.11 bits per heavy atom. The molecule has 1 aliphatic carbocycles. The van der Waals surface area contributed by atoms with Crippen LogP contribution in [0.5, 0.6) is 0 Å². The lowest BCUT2D eigenvalue weighted by Crippen LogP contribution is -2.51. The maximum Gasteiger partial charge on any atom is 0.250 e. The molecule has 28 heavy (non-hydrogen) atoms. The monoisotopic (exact) mass is 417 g/mol. The Kier molecular flexibility index (Phi) is 5.03. The molecule has 0 bridgehead atoms. The SMILES string of the molecule is C[C@@H]1N=C(C(C)(C)C)N2CC(NS(=O)(=O)C3CC(F)(F)C3)CC2=C1C(C)(C)C. The standard InChI is InChI=1S/C20H33F2N3O2S/c1-12-16(18(2,3)4)15-8-13(11-25(15)17(23-12)19(5,6)7)24-28(26,27)14-9-20(21,22)10-14/h12-14,24H,8-11H2,1-7H3/t12-,13?/m0/s1. The molecule has 2 fully saturated rings. The highest BCUT2D eigenvalue weighted by Gasteiger charge is 2.52. The number of rotatable bonds is 3. The summed E-state index contributed by atoms with van der Waals surface area (Å²) in [5.74, 6) is -1.89. The van der Waals surface area contributed by atoms with Crippen molar-refractivity contribution in [3.8, 4) is 0 Å². The first kappa shape index (κ1) is 21.7. The van der Waals surface area contributed by atoms with Gasteiger partial charge in [-0.15, -0.1) is 0 Å². The molecule has 2 atom stereocenters. The maximum absolute atomic E-state index is 13.2. The highest BCUT2D eigenvalue weighted by molar-refractivity contribution is 7.90. The first-order valence-electron chi connectivity index (χ1n) is 9.99. The van der Waals surface area contributed by atoms with Crippen LogP contribution in [0.3, 0.4) is 0 Å². The van der Waals surface area contributed by atoms with E-state index in [1.807, 2.05) is 0 Å². The zero-order valence-electron chi connectivity index (χ0n) is 17.9. The van der Waals surface area contributed by atoms with E-state index in [9.17, 15) is 17.2 Å². The fraction of sp³-hybridized carbons (Fsp3) is 0.850. The zero-order chi connectivity index (χ0) is 21.3. The van der Waals surface area contributed by atoms with Crippen molar-refractivity contribution in [1.29, 1.82) is 0 Å². The number of fused-ring (bicyclic) bond motifs is 1. The molecule has 0 radical (unpaired) electrons. The fourth-order valence-electron chi connectivity index (χ4n) is 4.66. The number of hydrogen-bond donors (Lipinski definition) is 1. The van der Waals surface area contributed by atoms with Crippen molar-refractivity contribution in [2.75, 3.05) is 6.54 Å². The van der Waals surface area contributed by atoms with E-state index in [4.69, 9.17) is 4.99 Å². The summed E-state index contributed by atoms with van der Waals surface area (Å²) < 4.78 is 54.2. The third-order valence-corrected chi connectivity index (χ3v) is 7.64. The van der Waals surface area contributed by atoms with Gasteiger partial charge in [0.05, 0.1) is 11.3 Å². The molecule has 0 amide bonds. The van der Waals surface area contributed by atoms with E-state index >= 15 is 0 Å². The van der Waals surface area contributed by atoms with Crippen LogP contribution >= 0.6 is 0 Å². The summed E-state index contributed by atoms with van der Waals surface area (Å²) in [4.78, 5) is 7.12. The second-order valence-corrected chi connectivity index (χ2v) is 12.5. The third kappa shape index (κ3) is 3.99. The van der Waals surface area contributed by atoms with E-state index in [0.717, 1.165) is 11.5 Å². The van der Waals surface area contributed by atoms with Gasteiger partial charge in [0.2, 0.25) is 10.0 Å². The molecule has 0 aromatic carbocycles. The molecule has 3 aliphatic rings. The molecule has 1 saturated carbocycles. The molecule has 8 heteroatoms. The lowest BCUT2D eigenvalue weighted by atomic mass is 9.79. The van der Waals surface area contributed by atoms with Crippen molar-refractivity contribution in [3.05, 3.63) is 11.3 Å². The molecule has 2 aliphatic heterocycles. The predicted octanol–water partition coefficient (Wildman–Crippen LogP) is 3.92. The summed E-state index contributed by atoms with van der Waals surface area (Å²) in [5, 5.41) is -0.995. The Morgan fingerprint density at radius 3 is 2.14 bits per heavy atom. The lowest BCUT2D eigenvalue weighted by Gasteiger charge is -2.41. The minimum absolute atomic E-state index is 0.0288. The molecule has 0 aromatic rings. The first-order chi connectivity index (χ1) is 12.5. The summed E-state index contributed by atoms with van der Waals surface area (Å²) in [7, 11) is -3.76. The summed E-state index contributed by atoms with van der Waals surface area (Å²) in [6, 6.07) is -0.300. The second-order valence-electron chi connectivity index (χ2n) is 10.5. The summed E-state index contributed by atoms with van der Waals surface area (Å²) in [5.41, 5.74) is 2.08. The van der Waals surface area contributed by atoms with E-state index in [2.05, 4.69) is 58.1 Å². The summed E-state index contributed by atoms with van der Waals surface area (Å²) in [6.45, 7) is 15.3. The Balaban J connectivity index is 1.88. The number of nitrogens with zero attached hydrogens (tertiary/aromatic N) is 2. The van der Waals surface area contributed by atoms with Crippen molar-refractivity contribution in [2.45, 2.75) is 91.0 Å². The Labute approximate surface area is 167 Å². The quantitative estimate of drug-likeness (QED) is 0.757. The average molecular weight is 418 g/mol. The van der Waals surface area contributed by atoms with Crippen LogP contribution < -0.4 is 4.72 Å². The number of sulfonamides is 1. The van der Waals surface area contributed by atoms with Gasteiger partial charge in [-0.1, -0.05) is 41.5 Å². The van der Waals surface area contributed by atoms with Gasteiger partial charge in [-0.05, 0) is 17.9 Å². The fourth-order valence-corrected chi connectivity index (χ4v) is 6.40. The molecule has 160 valence electrons.